The maximum atomic E-state index is 12.8. The molecule has 1 heterocycles. The van der Waals surface area contributed by atoms with Gasteiger partial charge in [-0.25, -0.2) is 4.98 Å². The van der Waals surface area contributed by atoms with E-state index in [4.69, 9.17) is 40.5 Å². The van der Waals surface area contributed by atoms with Crippen LogP contribution >= 0.6 is 34.8 Å². The van der Waals surface area contributed by atoms with Crippen LogP contribution in [0.1, 0.15) is 5.56 Å². The SMILES string of the molecule is Nc1ncc(-c2cc(Cl)c(Cl)c(Cl)c2)cc1C(F)(F)F. The third-order valence-electron chi connectivity index (χ3n) is 2.54. The fourth-order valence-corrected chi connectivity index (χ4v) is 2.18. The molecule has 1 aromatic carbocycles. The van der Waals surface area contributed by atoms with Gasteiger partial charge in [-0.05, 0) is 23.8 Å². The van der Waals surface area contributed by atoms with Gasteiger partial charge in [0.05, 0.1) is 20.6 Å². The normalized spacial score (nSPS) is 11.7. The van der Waals surface area contributed by atoms with Crippen LogP contribution in [0, 0.1) is 0 Å². The van der Waals surface area contributed by atoms with Crippen molar-refractivity contribution in [2.75, 3.05) is 5.73 Å². The van der Waals surface area contributed by atoms with Crippen LogP contribution in [0.2, 0.25) is 15.1 Å². The average molecular weight is 342 g/mol. The van der Waals surface area contributed by atoms with E-state index in [0.717, 1.165) is 6.07 Å². The topological polar surface area (TPSA) is 38.9 Å². The number of anilines is 1. The quantitative estimate of drug-likeness (QED) is 0.714. The monoisotopic (exact) mass is 340 g/mol. The van der Waals surface area contributed by atoms with E-state index in [9.17, 15) is 13.2 Å². The Morgan fingerprint density at radius 2 is 1.50 bits per heavy atom. The Balaban J connectivity index is 2.60. The number of alkyl halides is 3. The van der Waals surface area contributed by atoms with Gasteiger partial charge in [0, 0.05) is 11.8 Å². The van der Waals surface area contributed by atoms with Crippen LogP contribution in [0.5, 0.6) is 0 Å². The van der Waals surface area contributed by atoms with Gasteiger partial charge in [0.2, 0.25) is 0 Å². The summed E-state index contributed by atoms with van der Waals surface area (Å²) in [4.78, 5) is 3.54. The minimum absolute atomic E-state index is 0.136. The number of rotatable bonds is 1. The Bertz CT molecular complexity index is 648. The standard InChI is InChI=1S/C12H6Cl3F3N2/c13-8-2-5(3-9(14)10(8)15)6-1-7(12(16,17)18)11(19)20-4-6/h1-4H,(H2,19,20). The molecule has 0 amide bonds. The summed E-state index contributed by atoms with van der Waals surface area (Å²) < 4.78 is 38.3. The van der Waals surface area contributed by atoms with Gasteiger partial charge in [0.25, 0.3) is 0 Å². The third-order valence-corrected chi connectivity index (χ3v) is 3.74. The number of benzene rings is 1. The zero-order valence-corrected chi connectivity index (χ0v) is 11.9. The van der Waals surface area contributed by atoms with Gasteiger partial charge < -0.3 is 5.73 Å². The molecule has 20 heavy (non-hydrogen) atoms. The number of nitrogens with zero attached hydrogens (tertiary/aromatic N) is 1. The molecule has 0 fully saturated rings. The van der Waals surface area contributed by atoms with Crippen LogP contribution < -0.4 is 5.73 Å². The molecule has 1 aromatic heterocycles. The fourth-order valence-electron chi connectivity index (χ4n) is 1.58. The molecule has 2 nitrogen and oxygen atoms in total. The summed E-state index contributed by atoms with van der Waals surface area (Å²) in [6.07, 6.45) is -3.38. The van der Waals surface area contributed by atoms with Gasteiger partial charge in [-0.15, -0.1) is 0 Å². The molecule has 2 rings (SSSR count). The number of aromatic nitrogens is 1. The van der Waals surface area contributed by atoms with Crippen LogP contribution in [0.25, 0.3) is 11.1 Å². The Morgan fingerprint density at radius 1 is 0.950 bits per heavy atom. The number of hydrogen-bond acceptors (Lipinski definition) is 2. The lowest BCUT2D eigenvalue weighted by atomic mass is 10.1. The first-order valence-corrected chi connectivity index (χ1v) is 6.31. The first-order chi connectivity index (χ1) is 9.20. The van der Waals surface area contributed by atoms with Crippen LogP contribution in [0.3, 0.4) is 0 Å². The van der Waals surface area contributed by atoms with Crippen molar-refractivity contribution >= 4 is 40.6 Å². The predicted octanol–water partition coefficient (Wildman–Crippen LogP) is 5.31. The maximum absolute atomic E-state index is 12.8. The van der Waals surface area contributed by atoms with Gasteiger partial charge in [0.1, 0.15) is 5.82 Å². The van der Waals surface area contributed by atoms with Crippen LogP contribution in [0.4, 0.5) is 19.0 Å². The van der Waals surface area contributed by atoms with Crippen LogP contribution in [-0.4, -0.2) is 4.98 Å². The molecule has 2 aromatic rings. The van der Waals surface area contributed by atoms with Crippen molar-refractivity contribution in [1.29, 1.82) is 0 Å². The molecule has 0 saturated heterocycles. The largest absolute Gasteiger partial charge is 0.419 e. The molecule has 8 heteroatoms. The Labute approximate surface area is 127 Å². The summed E-state index contributed by atoms with van der Waals surface area (Å²) in [6, 6.07) is 3.70. The lowest BCUT2D eigenvalue weighted by molar-refractivity contribution is -0.137. The van der Waals surface area contributed by atoms with Crippen molar-refractivity contribution in [3.63, 3.8) is 0 Å². The van der Waals surface area contributed by atoms with Gasteiger partial charge in [-0.1, -0.05) is 34.8 Å². The first kappa shape index (κ1) is 15.2. The van der Waals surface area contributed by atoms with Gasteiger partial charge in [0.15, 0.2) is 0 Å². The van der Waals surface area contributed by atoms with Crippen LogP contribution in [-0.2, 0) is 6.18 Å². The lowest BCUT2D eigenvalue weighted by Crippen LogP contribution is -2.10. The number of nitrogens with two attached hydrogens (primary N) is 1. The Kier molecular flexibility index (Phi) is 4.04. The van der Waals surface area contributed by atoms with E-state index in [-0.39, 0.29) is 20.6 Å². The smallest absolute Gasteiger partial charge is 0.383 e. The van der Waals surface area contributed by atoms with Crippen molar-refractivity contribution < 1.29 is 13.2 Å². The lowest BCUT2D eigenvalue weighted by Gasteiger charge is -2.11. The maximum Gasteiger partial charge on any atom is 0.419 e. The molecule has 0 radical (unpaired) electrons. The van der Waals surface area contributed by atoms with E-state index in [1.54, 1.807) is 0 Å². The van der Waals surface area contributed by atoms with E-state index < -0.39 is 17.6 Å². The molecular formula is C12H6Cl3F3N2. The van der Waals surface area contributed by atoms with Crippen molar-refractivity contribution in [1.82, 2.24) is 4.98 Å². The highest BCUT2D eigenvalue weighted by Gasteiger charge is 2.34. The summed E-state index contributed by atoms with van der Waals surface area (Å²) >= 11 is 17.5. The average Bonchev–Trinajstić information content (AvgIpc) is 2.34. The molecular weight excluding hydrogens is 335 g/mol. The van der Waals surface area contributed by atoms with Crippen molar-refractivity contribution in [2.24, 2.45) is 0 Å². The summed E-state index contributed by atoms with van der Waals surface area (Å²) in [7, 11) is 0. The molecule has 0 aliphatic rings. The zero-order chi connectivity index (χ0) is 15.1. The van der Waals surface area contributed by atoms with E-state index in [0.29, 0.717) is 5.56 Å². The predicted molar refractivity (Wildman–Crippen MR) is 74.1 cm³/mol. The molecule has 0 aliphatic carbocycles. The summed E-state index contributed by atoms with van der Waals surface area (Å²) in [5, 5.41) is 0.413. The van der Waals surface area contributed by atoms with Crippen molar-refractivity contribution in [3.05, 3.63) is 45.0 Å². The van der Waals surface area contributed by atoms with Gasteiger partial charge in [-0.3, -0.25) is 0 Å². The highest BCUT2D eigenvalue weighted by molar-refractivity contribution is 6.48. The Hall–Kier alpha value is -1.17. The Morgan fingerprint density at radius 3 is 2.00 bits per heavy atom. The highest BCUT2D eigenvalue weighted by atomic mass is 35.5. The zero-order valence-electron chi connectivity index (χ0n) is 9.60. The van der Waals surface area contributed by atoms with Crippen molar-refractivity contribution in [2.45, 2.75) is 6.18 Å². The van der Waals surface area contributed by atoms with Crippen molar-refractivity contribution in [3.8, 4) is 11.1 Å². The molecule has 0 unspecified atom stereocenters. The molecule has 0 spiro atoms. The highest BCUT2D eigenvalue weighted by Crippen LogP contribution is 2.38. The number of pyridine rings is 1. The summed E-state index contributed by atoms with van der Waals surface area (Å²) in [6.45, 7) is 0. The summed E-state index contributed by atoms with van der Waals surface area (Å²) in [5.41, 5.74) is 4.77. The van der Waals surface area contributed by atoms with E-state index in [1.807, 2.05) is 0 Å². The van der Waals surface area contributed by atoms with Gasteiger partial charge in [-0.2, -0.15) is 13.2 Å². The number of nitrogen functional groups attached to an aromatic ring is 1. The number of hydrogen-bond donors (Lipinski definition) is 1. The van der Waals surface area contributed by atoms with E-state index in [2.05, 4.69) is 4.98 Å². The molecule has 0 bridgehead atoms. The molecule has 106 valence electrons. The molecule has 0 saturated carbocycles. The molecule has 0 aliphatic heterocycles. The fraction of sp³-hybridized carbons (Fsp3) is 0.0833. The number of halogens is 6. The first-order valence-electron chi connectivity index (χ1n) is 5.18. The third kappa shape index (κ3) is 2.95. The van der Waals surface area contributed by atoms with E-state index in [1.165, 1.54) is 18.3 Å². The van der Waals surface area contributed by atoms with E-state index >= 15 is 0 Å². The van der Waals surface area contributed by atoms with Crippen LogP contribution in [0.15, 0.2) is 24.4 Å². The molecule has 2 N–H and O–H groups in total. The molecule has 0 atom stereocenters. The second-order valence-corrected chi connectivity index (χ2v) is 5.10. The minimum atomic E-state index is -4.59. The van der Waals surface area contributed by atoms with Gasteiger partial charge >= 0.3 is 6.18 Å². The second-order valence-electron chi connectivity index (χ2n) is 3.91. The summed E-state index contributed by atoms with van der Waals surface area (Å²) in [5.74, 6) is -0.590. The minimum Gasteiger partial charge on any atom is -0.383 e. The second kappa shape index (κ2) is 5.31.